The van der Waals surface area contributed by atoms with E-state index in [0.29, 0.717) is 11.8 Å². The maximum absolute atomic E-state index is 12.8. The van der Waals surface area contributed by atoms with Crippen LogP contribution in [-0.2, 0) is 0 Å². The van der Waals surface area contributed by atoms with Gasteiger partial charge in [-0.1, -0.05) is 63.9 Å². The minimum atomic E-state index is -0.0619. The van der Waals surface area contributed by atoms with Gasteiger partial charge in [-0.2, -0.15) is 0 Å². The number of hydrogen-bond acceptors (Lipinski definition) is 2. The van der Waals surface area contributed by atoms with Gasteiger partial charge in [0.2, 0.25) is 0 Å². The Kier molecular flexibility index (Phi) is 6.46. The molecule has 23 heavy (non-hydrogen) atoms. The quantitative estimate of drug-likeness (QED) is 0.842. The van der Waals surface area contributed by atoms with Crippen molar-refractivity contribution < 1.29 is 9.90 Å². The molecule has 1 fully saturated rings. The molecule has 4 heteroatoms. The molecule has 3 unspecified atom stereocenters. The van der Waals surface area contributed by atoms with Crippen LogP contribution in [0.3, 0.4) is 0 Å². The molecule has 1 heterocycles. The number of hydrogen-bond donors (Lipinski definition) is 2. The Morgan fingerprint density at radius 3 is 2.52 bits per heavy atom. The van der Waals surface area contributed by atoms with Gasteiger partial charge in [-0.3, -0.25) is 0 Å². The van der Waals surface area contributed by atoms with E-state index in [-0.39, 0.29) is 24.7 Å². The molecule has 3 atom stereocenters. The molecule has 0 aromatic heterocycles. The van der Waals surface area contributed by atoms with E-state index in [9.17, 15) is 9.90 Å². The lowest BCUT2D eigenvalue weighted by molar-refractivity contribution is 0.139. The largest absolute Gasteiger partial charge is 0.394 e. The number of likely N-dealkylation sites (tertiary alicyclic amines) is 1. The molecule has 2 rings (SSSR count). The van der Waals surface area contributed by atoms with E-state index >= 15 is 0 Å². The highest BCUT2D eigenvalue weighted by atomic mass is 16.3. The van der Waals surface area contributed by atoms with E-state index in [1.165, 1.54) is 0 Å². The third-order valence-corrected chi connectivity index (χ3v) is 5.29. The Bertz CT molecular complexity index is 487. The van der Waals surface area contributed by atoms with Crippen LogP contribution < -0.4 is 5.32 Å². The summed E-state index contributed by atoms with van der Waals surface area (Å²) in [5, 5.41) is 12.8. The standard InChI is InChI=1S/C19H30N2O2/c1-4-15(5-2)18(16-9-7-6-8-10-16)20-19(23)21-12-11-14(3)17(21)13-22/h6-10,14-15,17-18,22H,4-5,11-13H2,1-3H3,(H,20,23). The van der Waals surface area contributed by atoms with Crippen LogP contribution in [0.25, 0.3) is 0 Å². The summed E-state index contributed by atoms with van der Waals surface area (Å²) in [4.78, 5) is 14.6. The Hall–Kier alpha value is -1.55. The fraction of sp³-hybridized carbons (Fsp3) is 0.632. The number of carbonyl (C=O) groups is 1. The maximum atomic E-state index is 12.8. The van der Waals surface area contributed by atoms with E-state index in [0.717, 1.165) is 31.4 Å². The number of benzene rings is 1. The van der Waals surface area contributed by atoms with Crippen molar-refractivity contribution in [2.45, 2.75) is 52.1 Å². The smallest absolute Gasteiger partial charge is 0.318 e. The SMILES string of the molecule is CCC(CC)C(NC(=O)N1CCC(C)C1CO)c1ccccc1. The van der Waals surface area contributed by atoms with Crippen LogP contribution in [0.1, 0.15) is 51.6 Å². The summed E-state index contributed by atoms with van der Waals surface area (Å²) >= 11 is 0. The second kappa shape index (κ2) is 8.34. The van der Waals surface area contributed by atoms with E-state index < -0.39 is 0 Å². The summed E-state index contributed by atoms with van der Waals surface area (Å²) in [5.41, 5.74) is 1.15. The number of nitrogens with zero attached hydrogens (tertiary/aromatic N) is 1. The molecule has 1 aliphatic rings. The first-order valence-electron chi connectivity index (χ1n) is 8.85. The fourth-order valence-corrected chi connectivity index (χ4v) is 3.65. The molecule has 0 bridgehead atoms. The van der Waals surface area contributed by atoms with Gasteiger partial charge in [0.1, 0.15) is 0 Å². The molecule has 0 spiro atoms. The second-order valence-electron chi connectivity index (χ2n) is 6.62. The van der Waals surface area contributed by atoms with Crippen molar-refractivity contribution in [3.63, 3.8) is 0 Å². The zero-order valence-electron chi connectivity index (χ0n) is 14.5. The normalized spacial score (nSPS) is 22.4. The molecule has 0 saturated carbocycles. The van der Waals surface area contributed by atoms with Crippen LogP contribution in [-0.4, -0.2) is 35.2 Å². The first kappa shape index (κ1) is 17.8. The minimum absolute atomic E-state index is 0.0222. The molecule has 1 aromatic rings. The summed E-state index contributed by atoms with van der Waals surface area (Å²) in [7, 11) is 0. The van der Waals surface area contributed by atoms with Gasteiger partial charge in [0, 0.05) is 6.54 Å². The summed E-state index contributed by atoms with van der Waals surface area (Å²) in [5.74, 6) is 0.767. The average molecular weight is 318 g/mol. The molecule has 4 nitrogen and oxygen atoms in total. The number of amides is 2. The highest BCUT2D eigenvalue weighted by Gasteiger charge is 2.35. The number of carbonyl (C=O) groups excluding carboxylic acids is 1. The van der Waals surface area contributed by atoms with Crippen molar-refractivity contribution in [1.82, 2.24) is 10.2 Å². The van der Waals surface area contributed by atoms with Gasteiger partial charge in [0.05, 0.1) is 18.7 Å². The number of urea groups is 1. The summed E-state index contributed by atoms with van der Waals surface area (Å²) in [6.45, 7) is 7.21. The van der Waals surface area contributed by atoms with E-state index in [1.807, 2.05) is 23.1 Å². The minimum Gasteiger partial charge on any atom is -0.394 e. The number of aliphatic hydroxyl groups excluding tert-OH is 1. The molecule has 1 saturated heterocycles. The third-order valence-electron chi connectivity index (χ3n) is 5.29. The Morgan fingerprint density at radius 1 is 1.30 bits per heavy atom. The highest BCUT2D eigenvalue weighted by molar-refractivity contribution is 5.75. The number of nitrogens with one attached hydrogen (secondary N) is 1. The Labute approximate surface area is 139 Å². The van der Waals surface area contributed by atoms with Crippen LogP contribution in [0.4, 0.5) is 4.79 Å². The van der Waals surface area contributed by atoms with Crippen LogP contribution in [0.15, 0.2) is 30.3 Å². The van der Waals surface area contributed by atoms with Gasteiger partial charge < -0.3 is 15.3 Å². The molecule has 0 aliphatic carbocycles. The Balaban J connectivity index is 2.16. The van der Waals surface area contributed by atoms with E-state index in [2.05, 4.69) is 38.2 Å². The molecule has 1 aromatic carbocycles. The monoisotopic (exact) mass is 318 g/mol. The van der Waals surface area contributed by atoms with Gasteiger partial charge in [0.25, 0.3) is 0 Å². The van der Waals surface area contributed by atoms with Crippen molar-refractivity contribution in [2.75, 3.05) is 13.2 Å². The lowest BCUT2D eigenvalue weighted by Gasteiger charge is -2.31. The number of aliphatic hydroxyl groups is 1. The summed E-state index contributed by atoms with van der Waals surface area (Å²) in [6.07, 6.45) is 3.01. The van der Waals surface area contributed by atoms with Crippen LogP contribution in [0, 0.1) is 11.8 Å². The first-order valence-corrected chi connectivity index (χ1v) is 8.85. The lowest BCUT2D eigenvalue weighted by Crippen LogP contribution is -2.47. The zero-order valence-corrected chi connectivity index (χ0v) is 14.5. The second-order valence-corrected chi connectivity index (χ2v) is 6.62. The molecule has 2 amide bonds. The van der Waals surface area contributed by atoms with Crippen molar-refractivity contribution in [2.24, 2.45) is 11.8 Å². The van der Waals surface area contributed by atoms with E-state index in [4.69, 9.17) is 0 Å². The predicted octanol–water partition coefficient (Wildman–Crippen LogP) is 3.58. The maximum Gasteiger partial charge on any atom is 0.318 e. The molecular formula is C19H30N2O2. The van der Waals surface area contributed by atoms with Gasteiger partial charge in [-0.25, -0.2) is 4.79 Å². The van der Waals surface area contributed by atoms with Gasteiger partial charge in [-0.15, -0.1) is 0 Å². The topological polar surface area (TPSA) is 52.6 Å². The van der Waals surface area contributed by atoms with Gasteiger partial charge >= 0.3 is 6.03 Å². The van der Waals surface area contributed by atoms with Crippen LogP contribution in [0.2, 0.25) is 0 Å². The molecule has 1 aliphatic heterocycles. The lowest BCUT2D eigenvalue weighted by atomic mass is 9.89. The summed E-state index contributed by atoms with van der Waals surface area (Å²) in [6, 6.07) is 10.1. The molecule has 128 valence electrons. The van der Waals surface area contributed by atoms with Crippen LogP contribution >= 0.6 is 0 Å². The van der Waals surface area contributed by atoms with Crippen molar-refractivity contribution in [3.8, 4) is 0 Å². The Morgan fingerprint density at radius 2 is 1.96 bits per heavy atom. The fourth-order valence-electron chi connectivity index (χ4n) is 3.65. The molecule has 0 radical (unpaired) electrons. The zero-order chi connectivity index (χ0) is 16.8. The van der Waals surface area contributed by atoms with Gasteiger partial charge in [-0.05, 0) is 23.8 Å². The summed E-state index contributed by atoms with van der Waals surface area (Å²) < 4.78 is 0. The van der Waals surface area contributed by atoms with Gasteiger partial charge in [0.15, 0.2) is 0 Å². The van der Waals surface area contributed by atoms with Crippen molar-refractivity contribution in [3.05, 3.63) is 35.9 Å². The molecular weight excluding hydrogens is 288 g/mol. The van der Waals surface area contributed by atoms with Crippen molar-refractivity contribution >= 4 is 6.03 Å². The van der Waals surface area contributed by atoms with Crippen molar-refractivity contribution in [1.29, 1.82) is 0 Å². The highest BCUT2D eigenvalue weighted by Crippen LogP contribution is 2.29. The first-order chi connectivity index (χ1) is 11.1. The third kappa shape index (κ3) is 4.05. The predicted molar refractivity (Wildman–Crippen MR) is 93.1 cm³/mol. The van der Waals surface area contributed by atoms with Crippen LogP contribution in [0.5, 0.6) is 0 Å². The van der Waals surface area contributed by atoms with E-state index in [1.54, 1.807) is 0 Å². The molecule has 2 N–H and O–H groups in total. The number of rotatable bonds is 6. The average Bonchev–Trinajstić information content (AvgIpc) is 2.96.